The third-order valence-electron chi connectivity index (χ3n) is 2.38. The maximum Gasteiger partial charge on any atom is 0.162 e. The van der Waals surface area contributed by atoms with Gasteiger partial charge in [-0.05, 0) is 6.07 Å². The molecule has 18 heavy (non-hydrogen) atoms. The van der Waals surface area contributed by atoms with E-state index in [-0.39, 0.29) is 0 Å². The molecule has 0 spiro atoms. The molecule has 0 atom stereocenters. The third-order valence-corrected chi connectivity index (χ3v) is 2.73. The minimum absolute atomic E-state index is 0.442. The summed E-state index contributed by atoms with van der Waals surface area (Å²) < 4.78 is 20.9. The number of methoxy groups -OCH3 is 3. The normalized spacial score (nSPS) is 10.4. The lowest BCUT2D eigenvalue weighted by Crippen LogP contribution is -2.03. The van der Waals surface area contributed by atoms with Gasteiger partial charge in [0.15, 0.2) is 11.5 Å². The summed E-state index contributed by atoms with van der Waals surface area (Å²) in [6, 6.07) is 3.58. The number of benzene rings is 1. The first-order chi connectivity index (χ1) is 8.72. The van der Waals surface area contributed by atoms with E-state index < -0.39 is 0 Å². The maximum absolute atomic E-state index is 6.11. The van der Waals surface area contributed by atoms with Crippen molar-refractivity contribution in [2.24, 2.45) is 0 Å². The second-order valence-electron chi connectivity index (χ2n) is 3.72. The molecule has 4 nitrogen and oxygen atoms in total. The maximum atomic E-state index is 6.11. The van der Waals surface area contributed by atoms with Crippen molar-refractivity contribution in [3.63, 3.8) is 0 Å². The van der Waals surface area contributed by atoms with Crippen LogP contribution in [0.3, 0.4) is 0 Å². The molecule has 0 radical (unpaired) electrons. The molecule has 1 aromatic rings. The summed E-state index contributed by atoms with van der Waals surface area (Å²) in [7, 11) is 4.88. The lowest BCUT2D eigenvalue weighted by Gasteiger charge is -2.13. The van der Waals surface area contributed by atoms with E-state index in [1.807, 2.05) is 6.07 Å². The zero-order chi connectivity index (χ0) is 13.4. The van der Waals surface area contributed by atoms with Gasteiger partial charge in [-0.3, -0.25) is 0 Å². The lowest BCUT2D eigenvalue weighted by atomic mass is 10.2. The highest BCUT2D eigenvalue weighted by Crippen LogP contribution is 2.33. The Morgan fingerprint density at radius 2 is 1.78 bits per heavy atom. The van der Waals surface area contributed by atoms with Crippen LogP contribution in [0.2, 0.25) is 5.02 Å². The molecule has 0 aliphatic rings. The Labute approximate surface area is 113 Å². The Kier molecular flexibility index (Phi) is 6.86. The smallest absolute Gasteiger partial charge is 0.162 e. The molecule has 0 fully saturated rings. The fraction of sp³-hybridized carbons (Fsp3) is 0.538. The van der Waals surface area contributed by atoms with Crippen LogP contribution >= 0.6 is 11.6 Å². The summed E-state index contributed by atoms with van der Waals surface area (Å²) in [6.07, 6.45) is 0.821. The van der Waals surface area contributed by atoms with Gasteiger partial charge in [0.05, 0.1) is 25.3 Å². The van der Waals surface area contributed by atoms with Gasteiger partial charge in [-0.25, -0.2) is 0 Å². The van der Waals surface area contributed by atoms with Gasteiger partial charge >= 0.3 is 0 Å². The second-order valence-corrected chi connectivity index (χ2v) is 4.13. The molecule has 0 saturated carbocycles. The molecule has 0 aliphatic carbocycles. The Morgan fingerprint density at radius 3 is 2.39 bits per heavy atom. The van der Waals surface area contributed by atoms with Crippen LogP contribution in [0.15, 0.2) is 12.1 Å². The molecule has 0 heterocycles. The Balaban J connectivity index is 2.76. The van der Waals surface area contributed by atoms with Crippen molar-refractivity contribution < 1.29 is 18.9 Å². The molecule has 0 N–H and O–H groups in total. The van der Waals surface area contributed by atoms with Crippen molar-refractivity contribution in [3.05, 3.63) is 22.7 Å². The van der Waals surface area contributed by atoms with E-state index in [0.29, 0.717) is 36.3 Å². The van der Waals surface area contributed by atoms with Gasteiger partial charge in [0.25, 0.3) is 0 Å². The summed E-state index contributed by atoms with van der Waals surface area (Å²) >= 11 is 6.11. The quantitative estimate of drug-likeness (QED) is 0.683. The predicted molar refractivity (Wildman–Crippen MR) is 70.7 cm³/mol. The molecular weight excluding hydrogens is 256 g/mol. The van der Waals surface area contributed by atoms with E-state index in [2.05, 4.69) is 0 Å². The molecule has 0 unspecified atom stereocenters. The molecule has 0 bridgehead atoms. The van der Waals surface area contributed by atoms with Gasteiger partial charge in [0, 0.05) is 38.9 Å². The minimum atomic E-state index is 0.442. The minimum Gasteiger partial charge on any atom is -0.493 e. The van der Waals surface area contributed by atoms with Crippen LogP contribution in [-0.4, -0.2) is 34.5 Å². The van der Waals surface area contributed by atoms with Gasteiger partial charge in [0.2, 0.25) is 0 Å². The summed E-state index contributed by atoms with van der Waals surface area (Å²) in [5.41, 5.74) is 0.877. The summed E-state index contributed by atoms with van der Waals surface area (Å²) in [6.45, 7) is 1.68. The molecule has 1 rings (SSSR count). The van der Waals surface area contributed by atoms with Crippen LogP contribution in [0.25, 0.3) is 0 Å². The van der Waals surface area contributed by atoms with Crippen molar-refractivity contribution >= 4 is 11.6 Å². The van der Waals surface area contributed by atoms with Crippen molar-refractivity contribution in [2.75, 3.05) is 34.5 Å². The number of ether oxygens (including phenoxy) is 4. The SMILES string of the molecule is COCCCOc1cc(COC)c(Cl)cc1OC. The predicted octanol–water partition coefficient (Wildman–Crippen LogP) is 2.91. The van der Waals surface area contributed by atoms with Crippen LogP contribution in [-0.2, 0) is 16.1 Å². The molecule has 0 amide bonds. The van der Waals surface area contributed by atoms with Gasteiger partial charge in [-0.1, -0.05) is 11.6 Å². The van der Waals surface area contributed by atoms with Crippen molar-refractivity contribution in [3.8, 4) is 11.5 Å². The largest absolute Gasteiger partial charge is 0.493 e. The van der Waals surface area contributed by atoms with Gasteiger partial charge < -0.3 is 18.9 Å². The second kappa shape index (κ2) is 8.19. The van der Waals surface area contributed by atoms with Crippen molar-refractivity contribution in [1.29, 1.82) is 0 Å². The van der Waals surface area contributed by atoms with Crippen molar-refractivity contribution in [2.45, 2.75) is 13.0 Å². The first-order valence-electron chi connectivity index (χ1n) is 5.70. The Bertz CT molecular complexity index is 368. The highest BCUT2D eigenvalue weighted by molar-refractivity contribution is 6.31. The monoisotopic (exact) mass is 274 g/mol. The number of halogens is 1. The molecular formula is C13H19ClO4. The molecule has 1 aromatic carbocycles. The van der Waals surface area contributed by atoms with E-state index in [0.717, 1.165) is 12.0 Å². The molecule has 0 aromatic heterocycles. The first kappa shape index (κ1) is 15.1. The average molecular weight is 275 g/mol. The first-order valence-corrected chi connectivity index (χ1v) is 6.07. The van der Waals surface area contributed by atoms with Gasteiger partial charge in [-0.2, -0.15) is 0 Å². The number of rotatable bonds is 8. The Hall–Kier alpha value is -0.970. The van der Waals surface area contributed by atoms with Gasteiger partial charge in [-0.15, -0.1) is 0 Å². The van der Waals surface area contributed by atoms with E-state index in [1.54, 1.807) is 27.4 Å². The fourth-order valence-electron chi connectivity index (χ4n) is 1.50. The number of hydrogen-bond acceptors (Lipinski definition) is 4. The van der Waals surface area contributed by atoms with E-state index in [4.69, 9.17) is 30.5 Å². The van der Waals surface area contributed by atoms with Crippen LogP contribution in [0.1, 0.15) is 12.0 Å². The molecule has 5 heteroatoms. The van der Waals surface area contributed by atoms with Crippen LogP contribution in [0.4, 0.5) is 0 Å². The average Bonchev–Trinajstić information content (AvgIpc) is 2.38. The molecule has 102 valence electrons. The number of hydrogen-bond donors (Lipinski definition) is 0. The van der Waals surface area contributed by atoms with E-state index in [9.17, 15) is 0 Å². The standard InChI is InChI=1S/C13H19ClO4/c1-15-5-4-6-18-13-7-10(9-16-2)11(14)8-12(13)17-3/h7-8H,4-6,9H2,1-3H3. The topological polar surface area (TPSA) is 36.9 Å². The summed E-state index contributed by atoms with van der Waals surface area (Å²) in [5.74, 6) is 1.29. The third kappa shape index (κ3) is 4.37. The zero-order valence-electron chi connectivity index (χ0n) is 11.0. The highest BCUT2D eigenvalue weighted by atomic mass is 35.5. The van der Waals surface area contributed by atoms with Crippen molar-refractivity contribution in [1.82, 2.24) is 0 Å². The summed E-state index contributed by atoms with van der Waals surface area (Å²) in [5, 5.41) is 0.609. The molecule has 0 aliphatic heterocycles. The highest BCUT2D eigenvalue weighted by Gasteiger charge is 2.10. The summed E-state index contributed by atoms with van der Waals surface area (Å²) in [4.78, 5) is 0. The van der Waals surface area contributed by atoms with Crippen LogP contribution in [0.5, 0.6) is 11.5 Å². The van der Waals surface area contributed by atoms with Gasteiger partial charge in [0.1, 0.15) is 0 Å². The lowest BCUT2D eigenvalue weighted by molar-refractivity contribution is 0.169. The van der Waals surface area contributed by atoms with E-state index >= 15 is 0 Å². The van der Waals surface area contributed by atoms with E-state index in [1.165, 1.54) is 0 Å². The fourth-order valence-corrected chi connectivity index (χ4v) is 1.71. The van der Waals surface area contributed by atoms with Crippen LogP contribution < -0.4 is 9.47 Å². The van der Waals surface area contributed by atoms with Crippen LogP contribution in [0, 0.1) is 0 Å². The molecule has 0 saturated heterocycles. The Morgan fingerprint density at radius 1 is 1.00 bits per heavy atom. The zero-order valence-corrected chi connectivity index (χ0v) is 11.8.